The first-order chi connectivity index (χ1) is 6.57. The van der Waals surface area contributed by atoms with Gasteiger partial charge in [-0.3, -0.25) is 0 Å². The molecule has 0 aliphatic heterocycles. The summed E-state index contributed by atoms with van der Waals surface area (Å²) in [6.07, 6.45) is -2.35. The molecule has 0 unspecified atom stereocenters. The quantitative estimate of drug-likeness (QED) is 0.692. The van der Waals surface area contributed by atoms with Crippen molar-refractivity contribution in [2.45, 2.75) is 78.4 Å². The Morgan fingerprint density at radius 1 is 0.733 bits per heavy atom. The average Bonchev–Trinajstić information content (AvgIpc) is 2.01. The van der Waals surface area contributed by atoms with Crippen LogP contribution < -0.4 is 5.09 Å². The summed E-state index contributed by atoms with van der Waals surface area (Å²) in [4.78, 5) is 0. The van der Waals surface area contributed by atoms with Crippen LogP contribution in [0.5, 0.6) is 0 Å². The van der Waals surface area contributed by atoms with Crippen LogP contribution in [-0.2, 0) is 0 Å². The van der Waals surface area contributed by atoms with Gasteiger partial charge in [0.15, 0.2) is 0 Å². The van der Waals surface area contributed by atoms with Crippen molar-refractivity contribution in [2.24, 2.45) is 0 Å². The number of rotatable bonds is 5. The van der Waals surface area contributed by atoms with Gasteiger partial charge in [-0.05, 0) is 0 Å². The maximum absolute atomic E-state index is 7.22. The summed E-state index contributed by atoms with van der Waals surface area (Å²) in [5, 5.41) is 3.76. The third-order valence-electron chi connectivity index (χ3n) is 3.68. The molecule has 1 nitrogen and oxygen atoms in total. The van der Waals surface area contributed by atoms with Gasteiger partial charge in [0.05, 0.1) is 0 Å². The van der Waals surface area contributed by atoms with E-state index in [1.54, 1.807) is 0 Å². The molecule has 0 saturated carbocycles. The standard InChI is InChI=1S/C12H29ClNP/c1-9(2)14-15(13,10(3)4,11(5)6)12(7)8/h9-12,14H,1-8H3. The van der Waals surface area contributed by atoms with E-state index in [-0.39, 0.29) is 0 Å². The number of hydrogen-bond acceptors (Lipinski definition) is 1. The predicted molar refractivity (Wildman–Crippen MR) is 76.5 cm³/mol. The monoisotopic (exact) mass is 253 g/mol. The van der Waals surface area contributed by atoms with Crippen LogP contribution in [0.2, 0.25) is 0 Å². The van der Waals surface area contributed by atoms with Gasteiger partial charge in [0.2, 0.25) is 0 Å². The molecule has 0 aromatic carbocycles. The Balaban J connectivity index is 5.47. The molecule has 0 bridgehead atoms. The Morgan fingerprint density at radius 2 is 1.00 bits per heavy atom. The second-order valence-electron chi connectivity index (χ2n) is 5.78. The molecule has 0 aromatic rings. The molecular formula is C12H29ClNP. The zero-order valence-corrected chi connectivity index (χ0v) is 13.3. The van der Waals surface area contributed by atoms with Crippen LogP contribution in [-0.4, -0.2) is 23.0 Å². The van der Waals surface area contributed by atoms with Crippen molar-refractivity contribution >= 4 is 17.3 Å². The second-order valence-corrected chi connectivity index (χ2v) is 13.8. The third-order valence-corrected chi connectivity index (χ3v) is 14.8. The molecule has 0 amide bonds. The summed E-state index contributed by atoms with van der Waals surface area (Å²) < 4.78 is 0. The minimum atomic E-state index is -2.35. The van der Waals surface area contributed by atoms with E-state index in [1.807, 2.05) is 0 Å². The normalized spacial score (nSPS) is 16.5. The molecule has 0 atom stereocenters. The minimum absolute atomic E-state index is 0.451. The van der Waals surface area contributed by atoms with E-state index in [9.17, 15) is 0 Å². The molecule has 0 fully saturated rings. The van der Waals surface area contributed by atoms with Crippen molar-refractivity contribution in [3.63, 3.8) is 0 Å². The molecule has 0 radical (unpaired) electrons. The molecule has 15 heavy (non-hydrogen) atoms. The Bertz CT molecular complexity index is 187. The van der Waals surface area contributed by atoms with Gasteiger partial charge in [-0.1, -0.05) is 0 Å². The fraction of sp³-hybridized carbons (Fsp3) is 1.00. The zero-order valence-electron chi connectivity index (χ0n) is 11.6. The van der Waals surface area contributed by atoms with E-state index < -0.39 is 6.11 Å². The van der Waals surface area contributed by atoms with Crippen LogP contribution in [0.25, 0.3) is 0 Å². The molecule has 3 heteroatoms. The van der Waals surface area contributed by atoms with Crippen LogP contribution >= 0.6 is 17.3 Å². The van der Waals surface area contributed by atoms with Gasteiger partial charge < -0.3 is 0 Å². The number of halogens is 1. The first kappa shape index (κ1) is 15.7. The maximum atomic E-state index is 7.22. The first-order valence-electron chi connectivity index (χ1n) is 6.07. The number of hydrogen-bond donors (Lipinski definition) is 1. The molecule has 1 N–H and O–H groups in total. The van der Waals surface area contributed by atoms with Gasteiger partial charge >= 0.3 is 101 Å². The third kappa shape index (κ3) is 2.51. The summed E-state index contributed by atoms with van der Waals surface area (Å²) >= 11 is 7.22. The van der Waals surface area contributed by atoms with Crippen molar-refractivity contribution < 1.29 is 0 Å². The van der Waals surface area contributed by atoms with Crippen LogP contribution in [0.3, 0.4) is 0 Å². The molecule has 0 heterocycles. The molecule has 94 valence electrons. The molecule has 0 saturated heterocycles. The van der Waals surface area contributed by atoms with Gasteiger partial charge in [-0.25, -0.2) is 0 Å². The fourth-order valence-electron chi connectivity index (χ4n) is 2.78. The van der Waals surface area contributed by atoms with E-state index >= 15 is 0 Å². The second kappa shape index (κ2) is 4.90. The van der Waals surface area contributed by atoms with Crippen molar-refractivity contribution in [3.05, 3.63) is 0 Å². The molecule has 0 aliphatic rings. The number of nitrogens with one attached hydrogen (secondary N) is 1. The van der Waals surface area contributed by atoms with Gasteiger partial charge in [0.25, 0.3) is 0 Å². The SMILES string of the molecule is CC(C)NP(Cl)(C(C)C)(C(C)C)C(C)C. The van der Waals surface area contributed by atoms with Crippen molar-refractivity contribution in [3.8, 4) is 0 Å². The van der Waals surface area contributed by atoms with Crippen molar-refractivity contribution in [2.75, 3.05) is 0 Å². The molecule has 0 spiro atoms. The van der Waals surface area contributed by atoms with Crippen LogP contribution in [0.1, 0.15) is 55.4 Å². The van der Waals surface area contributed by atoms with Crippen LogP contribution in [0, 0.1) is 0 Å². The summed E-state index contributed by atoms with van der Waals surface area (Å²) in [6.45, 7) is 18.0. The van der Waals surface area contributed by atoms with Gasteiger partial charge in [0, 0.05) is 0 Å². The van der Waals surface area contributed by atoms with Crippen molar-refractivity contribution in [1.82, 2.24) is 5.09 Å². The Labute approximate surface area is 101 Å². The van der Waals surface area contributed by atoms with Crippen LogP contribution in [0.15, 0.2) is 0 Å². The van der Waals surface area contributed by atoms with Gasteiger partial charge in [-0.2, -0.15) is 0 Å². The van der Waals surface area contributed by atoms with E-state index in [1.165, 1.54) is 0 Å². The summed E-state index contributed by atoms with van der Waals surface area (Å²) in [7, 11) is 0. The summed E-state index contributed by atoms with van der Waals surface area (Å²) in [6, 6.07) is 0.451. The van der Waals surface area contributed by atoms with Gasteiger partial charge in [0.1, 0.15) is 0 Å². The molecule has 0 rings (SSSR count). The summed E-state index contributed by atoms with van der Waals surface area (Å²) in [5.41, 5.74) is 1.54. The predicted octanol–water partition coefficient (Wildman–Crippen LogP) is 4.83. The van der Waals surface area contributed by atoms with E-state index in [4.69, 9.17) is 11.2 Å². The average molecular weight is 254 g/mol. The summed E-state index contributed by atoms with van der Waals surface area (Å²) in [5.74, 6) is 0. The Kier molecular flexibility index (Phi) is 5.12. The van der Waals surface area contributed by atoms with E-state index in [0.29, 0.717) is 23.0 Å². The topological polar surface area (TPSA) is 12.0 Å². The van der Waals surface area contributed by atoms with Gasteiger partial charge in [-0.15, -0.1) is 0 Å². The molecule has 0 aromatic heterocycles. The van der Waals surface area contributed by atoms with E-state index in [0.717, 1.165) is 0 Å². The molecular weight excluding hydrogens is 225 g/mol. The Morgan fingerprint density at radius 3 is 1.07 bits per heavy atom. The fourth-order valence-corrected chi connectivity index (χ4v) is 8.93. The van der Waals surface area contributed by atoms with Crippen molar-refractivity contribution in [1.29, 1.82) is 0 Å². The first-order valence-corrected chi connectivity index (χ1v) is 9.42. The Hall–Kier alpha value is 0.680. The van der Waals surface area contributed by atoms with E-state index in [2.05, 4.69) is 60.5 Å². The zero-order chi connectivity index (χ0) is 12.5. The molecule has 0 aliphatic carbocycles. The van der Waals surface area contributed by atoms with Crippen LogP contribution in [0.4, 0.5) is 0 Å².